The molecule has 0 aromatic rings. The molecule has 17 heavy (non-hydrogen) atoms. The number of ether oxygens (including phenoxy) is 1. The Kier molecular flexibility index (Phi) is 6.52. The van der Waals surface area contributed by atoms with Crippen molar-refractivity contribution in [3.05, 3.63) is 0 Å². The van der Waals surface area contributed by atoms with Gasteiger partial charge in [-0.2, -0.15) is 0 Å². The standard InChI is InChI=1S/C13H25NO3/c1-10(2)9-17-7-6-13(16)14-8-11-4-3-5-12(11)15/h10-12,15H,3-9H2,1-2H3,(H,14,16). The van der Waals surface area contributed by atoms with E-state index in [9.17, 15) is 9.90 Å². The van der Waals surface area contributed by atoms with Crippen molar-refractivity contribution in [3.63, 3.8) is 0 Å². The summed E-state index contributed by atoms with van der Waals surface area (Å²) < 4.78 is 5.35. The molecule has 2 unspecified atom stereocenters. The number of hydrogen-bond donors (Lipinski definition) is 2. The molecule has 2 N–H and O–H groups in total. The van der Waals surface area contributed by atoms with Gasteiger partial charge in [0.25, 0.3) is 0 Å². The number of aliphatic hydroxyl groups excluding tert-OH is 1. The normalized spacial score (nSPS) is 24.2. The van der Waals surface area contributed by atoms with Crippen LogP contribution in [0.4, 0.5) is 0 Å². The fourth-order valence-electron chi connectivity index (χ4n) is 2.07. The van der Waals surface area contributed by atoms with E-state index in [0.717, 1.165) is 19.3 Å². The Balaban J connectivity index is 2.01. The molecule has 0 bridgehead atoms. The number of nitrogens with one attached hydrogen (secondary N) is 1. The highest BCUT2D eigenvalue weighted by Gasteiger charge is 2.25. The van der Waals surface area contributed by atoms with E-state index >= 15 is 0 Å². The Morgan fingerprint density at radius 2 is 2.24 bits per heavy atom. The SMILES string of the molecule is CC(C)COCCC(=O)NCC1CCCC1O. The van der Waals surface area contributed by atoms with Crippen LogP contribution in [0.25, 0.3) is 0 Å². The molecule has 1 saturated carbocycles. The van der Waals surface area contributed by atoms with E-state index in [-0.39, 0.29) is 17.9 Å². The first-order valence-electron chi connectivity index (χ1n) is 6.62. The molecule has 1 amide bonds. The summed E-state index contributed by atoms with van der Waals surface area (Å²) in [6.07, 6.45) is 3.14. The second-order valence-corrected chi connectivity index (χ2v) is 5.28. The largest absolute Gasteiger partial charge is 0.393 e. The first kappa shape index (κ1) is 14.5. The predicted molar refractivity (Wildman–Crippen MR) is 66.6 cm³/mol. The molecule has 0 aromatic heterocycles. The number of aliphatic hydroxyl groups is 1. The van der Waals surface area contributed by atoms with Gasteiger partial charge in [0.15, 0.2) is 0 Å². The van der Waals surface area contributed by atoms with Crippen molar-refractivity contribution in [2.45, 2.75) is 45.6 Å². The summed E-state index contributed by atoms with van der Waals surface area (Å²) in [4.78, 5) is 11.5. The van der Waals surface area contributed by atoms with Crippen molar-refractivity contribution in [1.82, 2.24) is 5.32 Å². The predicted octanol–water partition coefficient (Wildman–Crippen LogP) is 1.33. The Labute approximate surface area is 104 Å². The van der Waals surface area contributed by atoms with Crippen LogP contribution in [0.15, 0.2) is 0 Å². The number of hydrogen-bond acceptors (Lipinski definition) is 3. The van der Waals surface area contributed by atoms with Crippen LogP contribution in [-0.4, -0.2) is 36.9 Å². The second kappa shape index (κ2) is 7.67. The van der Waals surface area contributed by atoms with Crippen LogP contribution in [0.2, 0.25) is 0 Å². The fourth-order valence-corrected chi connectivity index (χ4v) is 2.07. The van der Waals surface area contributed by atoms with E-state index in [4.69, 9.17) is 4.74 Å². The quantitative estimate of drug-likeness (QED) is 0.663. The molecule has 1 aliphatic rings. The van der Waals surface area contributed by atoms with E-state index in [1.807, 2.05) is 0 Å². The van der Waals surface area contributed by atoms with Gasteiger partial charge in [0.2, 0.25) is 5.91 Å². The van der Waals surface area contributed by atoms with Crippen LogP contribution in [0.5, 0.6) is 0 Å². The third kappa shape index (κ3) is 6.03. The van der Waals surface area contributed by atoms with Gasteiger partial charge in [0.05, 0.1) is 12.7 Å². The monoisotopic (exact) mass is 243 g/mol. The topological polar surface area (TPSA) is 58.6 Å². The van der Waals surface area contributed by atoms with Crippen molar-refractivity contribution in [2.75, 3.05) is 19.8 Å². The molecule has 1 fully saturated rings. The van der Waals surface area contributed by atoms with Crippen LogP contribution in [0, 0.1) is 11.8 Å². The molecule has 4 heteroatoms. The van der Waals surface area contributed by atoms with Gasteiger partial charge < -0.3 is 15.2 Å². The van der Waals surface area contributed by atoms with E-state index in [0.29, 0.717) is 32.1 Å². The highest BCUT2D eigenvalue weighted by atomic mass is 16.5. The summed E-state index contributed by atoms with van der Waals surface area (Å²) in [6, 6.07) is 0. The molecule has 100 valence electrons. The lowest BCUT2D eigenvalue weighted by atomic mass is 10.1. The first-order chi connectivity index (χ1) is 8.09. The molecular weight excluding hydrogens is 218 g/mol. The summed E-state index contributed by atoms with van der Waals surface area (Å²) in [5.41, 5.74) is 0. The third-order valence-corrected chi connectivity index (χ3v) is 3.11. The van der Waals surface area contributed by atoms with Gasteiger partial charge in [-0.25, -0.2) is 0 Å². The first-order valence-corrected chi connectivity index (χ1v) is 6.62. The fraction of sp³-hybridized carbons (Fsp3) is 0.923. The van der Waals surface area contributed by atoms with Crippen LogP contribution in [0.3, 0.4) is 0 Å². The zero-order valence-electron chi connectivity index (χ0n) is 10.9. The molecular formula is C13H25NO3. The number of carbonyl (C=O) groups is 1. The number of carbonyl (C=O) groups excluding carboxylic acids is 1. The molecule has 1 aliphatic carbocycles. The summed E-state index contributed by atoms with van der Waals surface area (Å²) in [5.74, 6) is 0.773. The molecule has 4 nitrogen and oxygen atoms in total. The Bertz CT molecular complexity index is 231. The lowest BCUT2D eigenvalue weighted by Gasteiger charge is -2.15. The van der Waals surface area contributed by atoms with Crippen molar-refractivity contribution >= 4 is 5.91 Å². The number of amides is 1. The Morgan fingerprint density at radius 1 is 1.47 bits per heavy atom. The van der Waals surface area contributed by atoms with Gasteiger partial charge in [-0.05, 0) is 18.8 Å². The zero-order chi connectivity index (χ0) is 12.7. The van der Waals surface area contributed by atoms with Crippen molar-refractivity contribution in [2.24, 2.45) is 11.8 Å². The third-order valence-electron chi connectivity index (χ3n) is 3.11. The maximum atomic E-state index is 11.5. The molecule has 0 spiro atoms. The van der Waals surface area contributed by atoms with Crippen molar-refractivity contribution < 1.29 is 14.6 Å². The minimum atomic E-state index is -0.229. The minimum Gasteiger partial charge on any atom is -0.393 e. The molecule has 1 rings (SSSR count). The summed E-state index contributed by atoms with van der Waals surface area (Å²) in [5, 5.41) is 12.5. The zero-order valence-corrected chi connectivity index (χ0v) is 10.9. The molecule has 0 aromatic carbocycles. The van der Waals surface area contributed by atoms with Gasteiger partial charge in [-0.1, -0.05) is 20.3 Å². The van der Waals surface area contributed by atoms with E-state index in [1.54, 1.807) is 0 Å². The van der Waals surface area contributed by atoms with Gasteiger partial charge >= 0.3 is 0 Å². The smallest absolute Gasteiger partial charge is 0.222 e. The van der Waals surface area contributed by atoms with Gasteiger partial charge in [0.1, 0.15) is 0 Å². The summed E-state index contributed by atoms with van der Waals surface area (Å²) in [7, 11) is 0. The lowest BCUT2D eigenvalue weighted by Crippen LogP contribution is -2.32. The van der Waals surface area contributed by atoms with Gasteiger partial charge in [-0.3, -0.25) is 4.79 Å². The maximum absolute atomic E-state index is 11.5. The molecule has 0 saturated heterocycles. The lowest BCUT2D eigenvalue weighted by molar-refractivity contribution is -0.122. The molecule has 2 atom stereocenters. The molecule has 0 radical (unpaired) electrons. The van der Waals surface area contributed by atoms with Crippen LogP contribution < -0.4 is 5.32 Å². The van der Waals surface area contributed by atoms with Crippen molar-refractivity contribution in [3.8, 4) is 0 Å². The van der Waals surface area contributed by atoms with Crippen LogP contribution in [-0.2, 0) is 9.53 Å². The highest BCUT2D eigenvalue weighted by Crippen LogP contribution is 2.24. The average molecular weight is 243 g/mol. The summed E-state index contributed by atoms with van der Waals surface area (Å²) in [6.45, 7) is 5.96. The van der Waals surface area contributed by atoms with E-state index in [2.05, 4.69) is 19.2 Å². The molecule has 0 heterocycles. The number of rotatable bonds is 7. The maximum Gasteiger partial charge on any atom is 0.222 e. The van der Waals surface area contributed by atoms with E-state index in [1.165, 1.54) is 0 Å². The highest BCUT2D eigenvalue weighted by molar-refractivity contribution is 5.75. The van der Waals surface area contributed by atoms with E-state index < -0.39 is 0 Å². The second-order valence-electron chi connectivity index (χ2n) is 5.28. The van der Waals surface area contributed by atoms with Crippen LogP contribution in [0.1, 0.15) is 39.5 Å². The molecule has 0 aliphatic heterocycles. The summed E-state index contributed by atoms with van der Waals surface area (Å²) >= 11 is 0. The van der Waals surface area contributed by atoms with Crippen LogP contribution >= 0.6 is 0 Å². The minimum absolute atomic E-state index is 0.0212. The van der Waals surface area contributed by atoms with Gasteiger partial charge in [-0.15, -0.1) is 0 Å². The van der Waals surface area contributed by atoms with Gasteiger partial charge in [0, 0.05) is 25.5 Å². The Morgan fingerprint density at radius 3 is 2.82 bits per heavy atom. The average Bonchev–Trinajstić information content (AvgIpc) is 2.67. The Hall–Kier alpha value is -0.610. The van der Waals surface area contributed by atoms with Crippen molar-refractivity contribution in [1.29, 1.82) is 0 Å².